The standard InChI is InChI=1S/C15H17N3O3S/c1-11-3-5-13(6-4-11)16-14(19)9-17(2)8-12-7-15(18(20)21)22-10-12/h3-7,10H,8-9H2,1-2H3,(H,16,19). The second-order valence-electron chi connectivity index (χ2n) is 5.14. The van der Waals surface area contributed by atoms with Gasteiger partial charge in [0.1, 0.15) is 0 Å². The number of nitrogens with one attached hydrogen (secondary N) is 1. The lowest BCUT2D eigenvalue weighted by Crippen LogP contribution is -2.29. The molecule has 2 aromatic rings. The molecule has 0 atom stereocenters. The molecule has 0 fully saturated rings. The van der Waals surface area contributed by atoms with E-state index >= 15 is 0 Å². The van der Waals surface area contributed by atoms with Crippen molar-refractivity contribution in [2.24, 2.45) is 0 Å². The summed E-state index contributed by atoms with van der Waals surface area (Å²) >= 11 is 1.10. The van der Waals surface area contributed by atoms with E-state index in [1.165, 1.54) is 0 Å². The Kier molecular flexibility index (Phi) is 5.24. The van der Waals surface area contributed by atoms with E-state index < -0.39 is 4.92 Å². The van der Waals surface area contributed by atoms with Crippen molar-refractivity contribution in [3.63, 3.8) is 0 Å². The molecule has 2 rings (SSSR count). The van der Waals surface area contributed by atoms with E-state index in [0.29, 0.717) is 6.54 Å². The Labute approximate surface area is 132 Å². The fourth-order valence-corrected chi connectivity index (χ4v) is 2.71. The summed E-state index contributed by atoms with van der Waals surface area (Å²) in [6, 6.07) is 9.12. The van der Waals surface area contributed by atoms with Crippen LogP contribution in [0.5, 0.6) is 0 Å². The summed E-state index contributed by atoms with van der Waals surface area (Å²) in [5, 5.41) is 15.3. The summed E-state index contributed by atoms with van der Waals surface area (Å²) < 4.78 is 0. The molecule has 1 N–H and O–H groups in total. The number of benzene rings is 1. The predicted octanol–water partition coefficient (Wildman–Crippen LogP) is 3.04. The second kappa shape index (κ2) is 7.15. The molecule has 0 spiro atoms. The number of carbonyl (C=O) groups excluding carboxylic acids is 1. The highest BCUT2D eigenvalue weighted by Crippen LogP contribution is 2.23. The van der Waals surface area contributed by atoms with E-state index in [-0.39, 0.29) is 17.5 Å². The van der Waals surface area contributed by atoms with Gasteiger partial charge in [-0.3, -0.25) is 19.8 Å². The first-order valence-corrected chi connectivity index (χ1v) is 7.59. The van der Waals surface area contributed by atoms with Gasteiger partial charge in [-0.25, -0.2) is 0 Å². The quantitative estimate of drug-likeness (QED) is 0.656. The first-order valence-electron chi connectivity index (χ1n) is 6.71. The zero-order valence-electron chi connectivity index (χ0n) is 12.4. The second-order valence-corrected chi connectivity index (χ2v) is 6.03. The van der Waals surface area contributed by atoms with Gasteiger partial charge in [0, 0.05) is 23.7 Å². The van der Waals surface area contributed by atoms with Crippen LogP contribution >= 0.6 is 11.3 Å². The van der Waals surface area contributed by atoms with Crippen molar-refractivity contribution in [2.75, 3.05) is 18.9 Å². The van der Waals surface area contributed by atoms with Gasteiger partial charge in [0.15, 0.2) is 0 Å². The maximum absolute atomic E-state index is 12.0. The highest BCUT2D eigenvalue weighted by molar-refractivity contribution is 7.13. The van der Waals surface area contributed by atoms with Gasteiger partial charge in [-0.2, -0.15) is 0 Å². The maximum Gasteiger partial charge on any atom is 0.324 e. The summed E-state index contributed by atoms with van der Waals surface area (Å²) in [4.78, 5) is 24.0. The SMILES string of the molecule is Cc1ccc(NC(=O)CN(C)Cc2csc([N+](=O)[O-])c2)cc1. The van der Waals surface area contributed by atoms with E-state index in [1.807, 2.05) is 36.1 Å². The van der Waals surface area contributed by atoms with Gasteiger partial charge < -0.3 is 5.32 Å². The third-order valence-electron chi connectivity index (χ3n) is 3.02. The van der Waals surface area contributed by atoms with Crippen molar-refractivity contribution >= 4 is 27.9 Å². The monoisotopic (exact) mass is 319 g/mol. The van der Waals surface area contributed by atoms with Crippen molar-refractivity contribution in [2.45, 2.75) is 13.5 Å². The first-order chi connectivity index (χ1) is 10.4. The number of hydrogen-bond acceptors (Lipinski definition) is 5. The molecule has 0 aliphatic heterocycles. The van der Waals surface area contributed by atoms with Gasteiger partial charge in [-0.1, -0.05) is 29.0 Å². The number of nitrogens with zero attached hydrogens (tertiary/aromatic N) is 2. The predicted molar refractivity (Wildman–Crippen MR) is 87.1 cm³/mol. The number of aryl methyl sites for hydroxylation is 1. The van der Waals surface area contributed by atoms with Crippen LogP contribution in [0.1, 0.15) is 11.1 Å². The van der Waals surface area contributed by atoms with Crippen molar-refractivity contribution in [3.05, 3.63) is 57.0 Å². The van der Waals surface area contributed by atoms with Crippen LogP contribution in [-0.2, 0) is 11.3 Å². The molecule has 0 bridgehead atoms. The molecule has 6 nitrogen and oxygen atoms in total. The minimum absolute atomic E-state index is 0.115. The van der Waals surface area contributed by atoms with Crippen LogP contribution in [0.2, 0.25) is 0 Å². The minimum Gasteiger partial charge on any atom is -0.325 e. The highest BCUT2D eigenvalue weighted by Gasteiger charge is 2.12. The van der Waals surface area contributed by atoms with Gasteiger partial charge in [0.05, 0.1) is 11.5 Å². The third kappa shape index (κ3) is 4.64. The number of hydrogen-bond donors (Lipinski definition) is 1. The van der Waals surface area contributed by atoms with Gasteiger partial charge in [-0.05, 0) is 31.7 Å². The lowest BCUT2D eigenvalue weighted by molar-refractivity contribution is -0.380. The number of nitro groups is 1. The summed E-state index contributed by atoms with van der Waals surface area (Å²) in [6.07, 6.45) is 0. The zero-order valence-corrected chi connectivity index (χ0v) is 13.2. The number of thiophene rings is 1. The molecule has 0 unspecified atom stereocenters. The molecule has 1 aromatic heterocycles. The number of carbonyl (C=O) groups is 1. The smallest absolute Gasteiger partial charge is 0.324 e. The molecule has 0 saturated carbocycles. The van der Waals surface area contributed by atoms with Crippen molar-refractivity contribution in [3.8, 4) is 0 Å². The summed E-state index contributed by atoms with van der Waals surface area (Å²) in [6.45, 7) is 2.70. The molecule has 1 aromatic carbocycles. The highest BCUT2D eigenvalue weighted by atomic mass is 32.1. The van der Waals surface area contributed by atoms with Gasteiger partial charge in [0.25, 0.3) is 0 Å². The molecule has 0 radical (unpaired) electrons. The molecule has 1 heterocycles. The molecular weight excluding hydrogens is 302 g/mol. The van der Waals surface area contributed by atoms with E-state index in [1.54, 1.807) is 18.5 Å². The lowest BCUT2D eigenvalue weighted by Gasteiger charge is -2.15. The molecule has 0 saturated heterocycles. The number of anilines is 1. The molecule has 1 amide bonds. The zero-order chi connectivity index (χ0) is 16.1. The lowest BCUT2D eigenvalue weighted by atomic mass is 10.2. The Balaban J connectivity index is 1.85. The van der Waals surface area contributed by atoms with Gasteiger partial charge >= 0.3 is 5.00 Å². The van der Waals surface area contributed by atoms with Gasteiger partial charge in [-0.15, -0.1) is 0 Å². The minimum atomic E-state index is -0.404. The molecular formula is C15H17N3O3S. The average Bonchev–Trinajstić information content (AvgIpc) is 2.89. The topological polar surface area (TPSA) is 75.5 Å². The summed E-state index contributed by atoms with van der Waals surface area (Å²) in [5.41, 5.74) is 2.73. The van der Waals surface area contributed by atoms with Crippen LogP contribution in [0.25, 0.3) is 0 Å². The van der Waals surface area contributed by atoms with Crippen molar-refractivity contribution < 1.29 is 9.72 Å². The Hall–Kier alpha value is -2.25. The van der Waals surface area contributed by atoms with E-state index in [4.69, 9.17) is 0 Å². The fourth-order valence-electron chi connectivity index (χ4n) is 1.99. The van der Waals surface area contributed by atoms with Crippen molar-refractivity contribution in [1.82, 2.24) is 4.90 Å². The van der Waals surface area contributed by atoms with Crippen molar-refractivity contribution in [1.29, 1.82) is 0 Å². The number of amides is 1. The Morgan fingerprint density at radius 1 is 1.36 bits per heavy atom. The Morgan fingerprint density at radius 2 is 2.05 bits per heavy atom. The van der Waals surface area contributed by atoms with Gasteiger partial charge in [0.2, 0.25) is 5.91 Å². The number of rotatable bonds is 6. The van der Waals surface area contributed by atoms with Crippen LogP contribution in [0.3, 0.4) is 0 Å². The van der Waals surface area contributed by atoms with Crippen LogP contribution < -0.4 is 5.32 Å². The van der Waals surface area contributed by atoms with Crippen LogP contribution in [0.4, 0.5) is 10.7 Å². The molecule has 116 valence electrons. The largest absolute Gasteiger partial charge is 0.325 e. The first kappa shape index (κ1) is 16.1. The number of likely N-dealkylation sites (N-methyl/N-ethyl adjacent to an activating group) is 1. The normalized spacial score (nSPS) is 10.7. The van der Waals surface area contributed by atoms with Crippen LogP contribution in [0.15, 0.2) is 35.7 Å². The van der Waals surface area contributed by atoms with E-state index in [2.05, 4.69) is 5.32 Å². The molecule has 0 aliphatic carbocycles. The van der Waals surface area contributed by atoms with E-state index in [0.717, 1.165) is 28.2 Å². The third-order valence-corrected chi connectivity index (χ3v) is 3.95. The molecule has 0 aliphatic rings. The summed E-state index contributed by atoms with van der Waals surface area (Å²) in [7, 11) is 1.80. The maximum atomic E-state index is 12.0. The summed E-state index contributed by atoms with van der Waals surface area (Å²) in [5.74, 6) is -0.115. The molecule has 7 heteroatoms. The fraction of sp³-hybridized carbons (Fsp3) is 0.267. The molecule has 22 heavy (non-hydrogen) atoms. The Morgan fingerprint density at radius 3 is 2.64 bits per heavy atom. The Bertz CT molecular complexity index is 667. The van der Waals surface area contributed by atoms with Crippen LogP contribution in [0, 0.1) is 17.0 Å². The van der Waals surface area contributed by atoms with Crippen LogP contribution in [-0.4, -0.2) is 29.3 Å². The van der Waals surface area contributed by atoms with E-state index in [9.17, 15) is 14.9 Å². The average molecular weight is 319 g/mol.